The molecule has 1 amide bonds. The maximum absolute atomic E-state index is 14.6. The lowest BCUT2D eigenvalue weighted by Gasteiger charge is -2.37. The van der Waals surface area contributed by atoms with Crippen molar-refractivity contribution < 1.29 is 14.3 Å². The molecule has 3 aromatic rings. The van der Waals surface area contributed by atoms with E-state index in [4.69, 9.17) is 4.98 Å². The number of aliphatic hydroxyl groups is 1. The van der Waals surface area contributed by atoms with Crippen LogP contribution in [0.5, 0.6) is 0 Å². The Kier molecular flexibility index (Phi) is 8.41. The number of piperidine rings is 1. The predicted octanol–water partition coefficient (Wildman–Crippen LogP) is 4.55. The second-order valence-corrected chi connectivity index (χ2v) is 10.9. The highest BCUT2D eigenvalue weighted by molar-refractivity contribution is 5.98. The number of pyridine rings is 1. The summed E-state index contributed by atoms with van der Waals surface area (Å²) in [7, 11) is 0. The summed E-state index contributed by atoms with van der Waals surface area (Å²) in [5.74, 6) is -0.370. The van der Waals surface area contributed by atoms with Crippen molar-refractivity contribution in [2.24, 2.45) is 0 Å². The Morgan fingerprint density at radius 3 is 2.41 bits per heavy atom. The van der Waals surface area contributed by atoms with Gasteiger partial charge in [-0.25, -0.2) is 4.39 Å². The number of piperazine rings is 1. The number of nitriles is 1. The molecule has 2 aromatic carbocycles. The smallest absolute Gasteiger partial charge is 0.256 e. The largest absolute Gasteiger partial charge is 0.392 e. The van der Waals surface area contributed by atoms with Crippen LogP contribution >= 0.6 is 0 Å². The number of hydrogen-bond acceptors (Lipinski definition) is 7. The number of nitrogens with zero attached hydrogens (tertiary/aromatic N) is 5. The summed E-state index contributed by atoms with van der Waals surface area (Å²) in [6, 6.07) is 14.8. The van der Waals surface area contributed by atoms with Gasteiger partial charge in [-0.1, -0.05) is 18.2 Å². The molecule has 2 aliphatic rings. The highest BCUT2D eigenvalue weighted by Crippen LogP contribution is 2.31. The molecule has 2 N–H and O–H groups in total. The van der Waals surface area contributed by atoms with Gasteiger partial charge in [0.05, 0.1) is 40.5 Å². The van der Waals surface area contributed by atoms with Gasteiger partial charge in [0.15, 0.2) is 0 Å². The molecule has 2 saturated heterocycles. The Labute approximate surface area is 241 Å². The van der Waals surface area contributed by atoms with E-state index in [1.54, 1.807) is 12.1 Å². The Balaban J connectivity index is 1.26. The number of carbonyl (C=O) groups is 1. The summed E-state index contributed by atoms with van der Waals surface area (Å²) < 4.78 is 14.6. The molecular weight excluding hydrogens is 519 g/mol. The van der Waals surface area contributed by atoms with E-state index in [0.717, 1.165) is 59.8 Å². The summed E-state index contributed by atoms with van der Waals surface area (Å²) in [6.45, 7) is 9.76. The number of nitrogens with one attached hydrogen (secondary N) is 1. The van der Waals surface area contributed by atoms with Crippen LogP contribution in [-0.2, 0) is 6.61 Å². The number of rotatable bonds is 6. The van der Waals surface area contributed by atoms with Gasteiger partial charge < -0.3 is 25.1 Å². The molecule has 2 aliphatic heterocycles. The number of anilines is 3. The molecule has 0 bridgehead atoms. The molecule has 3 heterocycles. The second-order valence-electron chi connectivity index (χ2n) is 10.9. The van der Waals surface area contributed by atoms with Crippen LogP contribution in [0.1, 0.15) is 51.3 Å². The van der Waals surface area contributed by atoms with Gasteiger partial charge in [0.1, 0.15) is 11.9 Å². The van der Waals surface area contributed by atoms with Crippen LogP contribution < -0.4 is 15.1 Å². The standard InChI is InChI=1S/C32H37FN6O2/c1-21-29(32(41)39-16-14-37(15-17-39)27-8-4-6-24(18-27)20-40)22(2)35-23(3)30(21)36-26-10-12-38(13-11-26)31-25(19-34)7-5-9-28(31)33/h4-9,18,26,36,40H,10-17,20H2,1-3H3. The Hall–Kier alpha value is -4.16. The zero-order valence-electron chi connectivity index (χ0n) is 24.0. The monoisotopic (exact) mass is 556 g/mol. The van der Waals surface area contributed by atoms with Crippen LogP contribution in [0.15, 0.2) is 42.5 Å². The minimum atomic E-state index is -0.368. The summed E-state index contributed by atoms with van der Waals surface area (Å²) >= 11 is 0. The number of aliphatic hydroxyl groups excluding tert-OH is 1. The number of para-hydroxylation sites is 1. The predicted molar refractivity (Wildman–Crippen MR) is 159 cm³/mol. The van der Waals surface area contributed by atoms with E-state index in [2.05, 4.69) is 16.3 Å². The van der Waals surface area contributed by atoms with Gasteiger partial charge in [-0.05, 0) is 69.0 Å². The molecule has 41 heavy (non-hydrogen) atoms. The van der Waals surface area contributed by atoms with Crippen molar-refractivity contribution in [3.05, 3.63) is 81.9 Å². The van der Waals surface area contributed by atoms with E-state index in [1.807, 2.05) is 54.8 Å². The van der Waals surface area contributed by atoms with Crippen molar-refractivity contribution in [1.82, 2.24) is 9.88 Å². The van der Waals surface area contributed by atoms with E-state index < -0.39 is 0 Å². The SMILES string of the molecule is Cc1nc(C)c(C(=O)N2CCN(c3cccc(CO)c3)CC2)c(C)c1NC1CCN(c2c(F)cccc2C#N)CC1. The zero-order valence-corrected chi connectivity index (χ0v) is 24.0. The maximum atomic E-state index is 14.6. The molecule has 0 unspecified atom stereocenters. The quantitative estimate of drug-likeness (QED) is 0.460. The first-order valence-corrected chi connectivity index (χ1v) is 14.2. The zero-order chi connectivity index (χ0) is 29.1. The van der Waals surface area contributed by atoms with E-state index in [1.165, 1.54) is 6.07 Å². The molecule has 0 aliphatic carbocycles. The van der Waals surface area contributed by atoms with Crippen LogP contribution in [0, 0.1) is 37.9 Å². The Morgan fingerprint density at radius 1 is 1.02 bits per heavy atom. The fourth-order valence-electron chi connectivity index (χ4n) is 6.11. The number of aryl methyl sites for hydroxylation is 2. The summed E-state index contributed by atoms with van der Waals surface area (Å²) in [4.78, 5) is 24.6. The molecule has 0 spiro atoms. The topological polar surface area (TPSA) is 95.7 Å². The van der Waals surface area contributed by atoms with Crippen LogP contribution in [0.2, 0.25) is 0 Å². The fourth-order valence-corrected chi connectivity index (χ4v) is 6.11. The van der Waals surface area contributed by atoms with Gasteiger partial charge in [-0.2, -0.15) is 5.26 Å². The molecule has 0 saturated carbocycles. The molecule has 1 aromatic heterocycles. The van der Waals surface area contributed by atoms with Crippen molar-refractivity contribution in [1.29, 1.82) is 5.26 Å². The van der Waals surface area contributed by atoms with E-state index in [0.29, 0.717) is 43.0 Å². The number of halogens is 1. The van der Waals surface area contributed by atoms with Crippen LogP contribution in [0.25, 0.3) is 0 Å². The normalized spacial score (nSPS) is 16.0. The summed E-state index contributed by atoms with van der Waals surface area (Å²) in [5, 5.41) is 22.6. The number of hydrogen-bond donors (Lipinski definition) is 2. The highest BCUT2D eigenvalue weighted by Gasteiger charge is 2.29. The minimum absolute atomic E-state index is 0.00212. The lowest BCUT2D eigenvalue weighted by Crippen LogP contribution is -2.49. The molecule has 9 heteroatoms. The average molecular weight is 557 g/mol. The molecule has 0 radical (unpaired) electrons. The first-order valence-electron chi connectivity index (χ1n) is 14.2. The number of aromatic nitrogens is 1. The molecule has 0 atom stereocenters. The van der Waals surface area contributed by atoms with E-state index in [9.17, 15) is 19.6 Å². The van der Waals surface area contributed by atoms with Gasteiger partial charge in [0.2, 0.25) is 0 Å². The van der Waals surface area contributed by atoms with Gasteiger partial charge in [0.25, 0.3) is 5.91 Å². The Bertz CT molecular complexity index is 1470. The number of benzene rings is 2. The maximum Gasteiger partial charge on any atom is 0.256 e. The second kappa shape index (κ2) is 12.1. The van der Waals surface area contributed by atoms with Gasteiger partial charge >= 0.3 is 0 Å². The van der Waals surface area contributed by atoms with Gasteiger partial charge in [0, 0.05) is 51.0 Å². The van der Waals surface area contributed by atoms with Gasteiger partial charge in [-0.3, -0.25) is 9.78 Å². The minimum Gasteiger partial charge on any atom is -0.392 e. The number of carbonyl (C=O) groups excluding carboxylic acids is 1. The van der Waals surface area contributed by atoms with Crippen LogP contribution in [0.4, 0.5) is 21.5 Å². The average Bonchev–Trinajstić information content (AvgIpc) is 2.99. The molecule has 8 nitrogen and oxygen atoms in total. The third kappa shape index (κ3) is 5.84. The fraction of sp³-hybridized carbons (Fsp3) is 0.406. The van der Waals surface area contributed by atoms with Crippen molar-refractivity contribution >= 4 is 23.0 Å². The summed E-state index contributed by atoms with van der Waals surface area (Å²) in [5.41, 5.74) is 6.70. The molecule has 2 fully saturated rings. The molecular formula is C32H37FN6O2. The van der Waals surface area contributed by atoms with Gasteiger partial charge in [-0.15, -0.1) is 0 Å². The summed E-state index contributed by atoms with van der Waals surface area (Å²) in [6.07, 6.45) is 1.55. The van der Waals surface area contributed by atoms with E-state index >= 15 is 0 Å². The van der Waals surface area contributed by atoms with Crippen LogP contribution in [-0.4, -0.2) is 66.2 Å². The van der Waals surface area contributed by atoms with Crippen molar-refractivity contribution in [2.45, 2.75) is 46.3 Å². The van der Waals surface area contributed by atoms with Crippen molar-refractivity contribution in [3.8, 4) is 6.07 Å². The van der Waals surface area contributed by atoms with Crippen molar-refractivity contribution in [2.75, 3.05) is 54.4 Å². The molecule has 5 rings (SSSR count). The van der Waals surface area contributed by atoms with E-state index in [-0.39, 0.29) is 24.4 Å². The first-order chi connectivity index (χ1) is 19.8. The third-order valence-corrected chi connectivity index (χ3v) is 8.31. The highest BCUT2D eigenvalue weighted by atomic mass is 19.1. The van der Waals surface area contributed by atoms with Crippen molar-refractivity contribution in [3.63, 3.8) is 0 Å². The lowest BCUT2D eigenvalue weighted by molar-refractivity contribution is 0.0745. The Morgan fingerprint density at radius 2 is 1.73 bits per heavy atom. The van der Waals surface area contributed by atoms with Crippen LogP contribution in [0.3, 0.4) is 0 Å². The third-order valence-electron chi connectivity index (χ3n) is 8.31. The number of amides is 1. The first kappa shape index (κ1) is 28.4. The molecule has 214 valence electrons. The lowest BCUT2D eigenvalue weighted by atomic mass is 9.99.